The second-order valence-electron chi connectivity index (χ2n) is 5.25. The number of nitrogens with zero attached hydrogens (tertiary/aromatic N) is 1. The molecule has 0 bridgehead atoms. The average molecular weight is 281 g/mol. The standard InChI is InChI=1S/C14H19NOS2/c1-10(2)9-15-13(16)12(18-14(15)17)8-11-6-4-3-5-7-11/h3-4,8,10-11H,5-7,9H2,1-2H3/b12-8-. The molecule has 1 aliphatic heterocycles. The van der Waals surface area contributed by atoms with Gasteiger partial charge in [0.2, 0.25) is 0 Å². The van der Waals surface area contributed by atoms with E-state index in [0.717, 1.165) is 30.7 Å². The smallest absolute Gasteiger partial charge is 0.265 e. The van der Waals surface area contributed by atoms with Crippen molar-refractivity contribution in [3.8, 4) is 0 Å². The van der Waals surface area contributed by atoms with Crippen LogP contribution in [0.4, 0.5) is 0 Å². The zero-order chi connectivity index (χ0) is 13.1. The Hall–Kier alpha value is -0.610. The summed E-state index contributed by atoms with van der Waals surface area (Å²) in [5.74, 6) is 1.06. The molecule has 0 aromatic heterocycles. The van der Waals surface area contributed by atoms with Crippen molar-refractivity contribution in [1.29, 1.82) is 0 Å². The van der Waals surface area contributed by atoms with Gasteiger partial charge in [-0.3, -0.25) is 9.69 Å². The minimum Gasteiger partial charge on any atom is -0.293 e. The second-order valence-corrected chi connectivity index (χ2v) is 6.93. The lowest BCUT2D eigenvalue weighted by atomic mass is 9.94. The lowest BCUT2D eigenvalue weighted by molar-refractivity contribution is -0.122. The summed E-state index contributed by atoms with van der Waals surface area (Å²) in [6, 6.07) is 0. The van der Waals surface area contributed by atoms with Crippen LogP contribution >= 0.6 is 24.0 Å². The van der Waals surface area contributed by atoms with E-state index in [0.29, 0.717) is 16.2 Å². The fourth-order valence-corrected chi connectivity index (χ4v) is 3.56. The largest absolute Gasteiger partial charge is 0.293 e. The Morgan fingerprint density at radius 2 is 2.33 bits per heavy atom. The summed E-state index contributed by atoms with van der Waals surface area (Å²) < 4.78 is 0.714. The molecule has 1 atom stereocenters. The van der Waals surface area contributed by atoms with Gasteiger partial charge in [0.05, 0.1) is 4.91 Å². The van der Waals surface area contributed by atoms with Crippen LogP contribution in [0.15, 0.2) is 23.1 Å². The Morgan fingerprint density at radius 1 is 1.56 bits per heavy atom. The maximum absolute atomic E-state index is 12.3. The summed E-state index contributed by atoms with van der Waals surface area (Å²) in [6.45, 7) is 4.94. The Bertz CT molecular complexity index is 412. The number of hydrogen-bond acceptors (Lipinski definition) is 3. The van der Waals surface area contributed by atoms with Gasteiger partial charge in [-0.25, -0.2) is 0 Å². The Morgan fingerprint density at radius 3 is 2.94 bits per heavy atom. The number of hydrogen-bond donors (Lipinski definition) is 0. The van der Waals surface area contributed by atoms with Gasteiger partial charge in [0.1, 0.15) is 4.32 Å². The summed E-state index contributed by atoms with van der Waals surface area (Å²) in [5.41, 5.74) is 0. The van der Waals surface area contributed by atoms with E-state index in [4.69, 9.17) is 12.2 Å². The molecule has 1 amide bonds. The van der Waals surface area contributed by atoms with E-state index in [9.17, 15) is 4.79 Å². The first-order valence-corrected chi connectivity index (χ1v) is 7.71. The van der Waals surface area contributed by atoms with Crippen molar-refractivity contribution in [1.82, 2.24) is 4.90 Å². The first-order valence-electron chi connectivity index (χ1n) is 6.48. The molecule has 0 aromatic rings. The minimum absolute atomic E-state index is 0.105. The molecule has 0 spiro atoms. The molecule has 0 saturated carbocycles. The van der Waals surface area contributed by atoms with E-state index in [-0.39, 0.29) is 5.91 Å². The molecule has 1 aliphatic carbocycles. The molecule has 2 aliphatic rings. The molecule has 1 saturated heterocycles. The van der Waals surface area contributed by atoms with E-state index in [1.165, 1.54) is 11.8 Å². The summed E-state index contributed by atoms with van der Waals surface area (Å²) in [4.78, 5) is 14.8. The predicted molar refractivity (Wildman–Crippen MR) is 81.3 cm³/mol. The highest BCUT2D eigenvalue weighted by Crippen LogP contribution is 2.34. The highest BCUT2D eigenvalue weighted by atomic mass is 32.2. The fraction of sp³-hybridized carbons (Fsp3) is 0.571. The monoisotopic (exact) mass is 281 g/mol. The number of thiocarbonyl (C=S) groups is 1. The second kappa shape index (κ2) is 6.02. The molecular formula is C14H19NOS2. The highest BCUT2D eigenvalue weighted by Gasteiger charge is 2.32. The molecule has 18 heavy (non-hydrogen) atoms. The van der Waals surface area contributed by atoms with Gasteiger partial charge >= 0.3 is 0 Å². The topological polar surface area (TPSA) is 20.3 Å². The SMILES string of the molecule is CC(C)CN1C(=O)/C(=C/C2CC=CCC2)SC1=S. The third-order valence-corrected chi connectivity index (χ3v) is 4.51. The normalized spacial score (nSPS) is 26.7. The Labute approximate surface area is 118 Å². The molecule has 4 heteroatoms. The molecule has 2 rings (SSSR count). The number of thioether (sulfide) groups is 1. The van der Waals surface area contributed by atoms with E-state index in [2.05, 4.69) is 32.1 Å². The number of carbonyl (C=O) groups excluding carboxylic acids is 1. The predicted octanol–water partition coefficient (Wildman–Crippen LogP) is 3.74. The summed E-state index contributed by atoms with van der Waals surface area (Å²) in [7, 11) is 0. The van der Waals surface area contributed by atoms with Crippen molar-refractivity contribution in [3.05, 3.63) is 23.1 Å². The van der Waals surface area contributed by atoms with E-state index < -0.39 is 0 Å². The lowest BCUT2D eigenvalue weighted by Crippen LogP contribution is -2.31. The van der Waals surface area contributed by atoms with Crippen LogP contribution in [-0.2, 0) is 4.79 Å². The van der Waals surface area contributed by atoms with Crippen LogP contribution in [0.5, 0.6) is 0 Å². The average Bonchev–Trinajstić information content (AvgIpc) is 2.58. The molecule has 98 valence electrons. The van der Waals surface area contributed by atoms with Crippen LogP contribution in [-0.4, -0.2) is 21.7 Å². The minimum atomic E-state index is 0.105. The van der Waals surface area contributed by atoms with Crippen molar-refractivity contribution >= 4 is 34.2 Å². The molecule has 1 unspecified atom stereocenters. The van der Waals surface area contributed by atoms with Crippen molar-refractivity contribution in [2.24, 2.45) is 11.8 Å². The maximum atomic E-state index is 12.3. The number of amides is 1. The lowest BCUT2D eigenvalue weighted by Gasteiger charge is -2.17. The van der Waals surface area contributed by atoms with Gasteiger partial charge < -0.3 is 0 Å². The third-order valence-electron chi connectivity index (χ3n) is 3.12. The maximum Gasteiger partial charge on any atom is 0.265 e. The van der Waals surface area contributed by atoms with Crippen molar-refractivity contribution < 1.29 is 4.79 Å². The molecule has 1 heterocycles. The molecule has 1 fully saturated rings. The zero-order valence-corrected chi connectivity index (χ0v) is 12.5. The molecular weight excluding hydrogens is 262 g/mol. The van der Waals surface area contributed by atoms with E-state index >= 15 is 0 Å². The third kappa shape index (κ3) is 3.23. The van der Waals surface area contributed by atoms with Gasteiger partial charge in [-0.2, -0.15) is 0 Å². The van der Waals surface area contributed by atoms with Gasteiger partial charge in [0.25, 0.3) is 5.91 Å². The van der Waals surface area contributed by atoms with Crippen LogP contribution in [0, 0.1) is 11.8 Å². The van der Waals surface area contributed by atoms with Crippen molar-refractivity contribution in [2.75, 3.05) is 6.54 Å². The molecule has 0 radical (unpaired) electrons. The number of allylic oxidation sites excluding steroid dienone is 3. The number of carbonyl (C=O) groups is 1. The first kappa shape index (κ1) is 13.8. The molecule has 0 aromatic carbocycles. The van der Waals surface area contributed by atoms with E-state index in [1.54, 1.807) is 4.90 Å². The van der Waals surface area contributed by atoms with E-state index in [1.807, 2.05) is 0 Å². The van der Waals surface area contributed by atoms with Crippen LogP contribution in [0.25, 0.3) is 0 Å². The summed E-state index contributed by atoms with van der Waals surface area (Å²) >= 11 is 6.76. The molecule has 0 N–H and O–H groups in total. The van der Waals surface area contributed by atoms with Gasteiger partial charge in [-0.1, -0.05) is 56.1 Å². The summed E-state index contributed by atoms with van der Waals surface area (Å²) in [5, 5.41) is 0. The zero-order valence-electron chi connectivity index (χ0n) is 10.9. The molecule has 2 nitrogen and oxygen atoms in total. The summed E-state index contributed by atoms with van der Waals surface area (Å²) in [6.07, 6.45) is 9.86. The quantitative estimate of drug-likeness (QED) is 0.446. The first-order chi connectivity index (χ1) is 8.58. The van der Waals surface area contributed by atoms with Crippen LogP contribution < -0.4 is 0 Å². The van der Waals surface area contributed by atoms with Gasteiger partial charge in [-0.15, -0.1) is 0 Å². The van der Waals surface area contributed by atoms with Crippen molar-refractivity contribution in [2.45, 2.75) is 33.1 Å². The van der Waals surface area contributed by atoms with Crippen molar-refractivity contribution in [3.63, 3.8) is 0 Å². The highest BCUT2D eigenvalue weighted by molar-refractivity contribution is 8.26. The van der Waals surface area contributed by atoms with Crippen LogP contribution in [0.1, 0.15) is 33.1 Å². The van der Waals surface area contributed by atoms with Gasteiger partial charge in [0, 0.05) is 6.54 Å². The van der Waals surface area contributed by atoms with Gasteiger partial charge in [0.15, 0.2) is 0 Å². The Balaban J connectivity index is 2.07. The number of rotatable bonds is 3. The fourth-order valence-electron chi connectivity index (χ4n) is 2.22. The van der Waals surface area contributed by atoms with Crippen LogP contribution in [0.2, 0.25) is 0 Å². The van der Waals surface area contributed by atoms with Gasteiger partial charge in [-0.05, 0) is 31.1 Å². The van der Waals surface area contributed by atoms with Crippen LogP contribution in [0.3, 0.4) is 0 Å². The Kier molecular flexibility index (Phi) is 4.62.